The molecule has 0 N–H and O–H groups in total. The first-order valence-electron chi connectivity index (χ1n) is 14.0. The highest BCUT2D eigenvalue weighted by molar-refractivity contribution is 7.18. The van der Waals surface area contributed by atoms with Gasteiger partial charge in [0.1, 0.15) is 0 Å². The Morgan fingerprint density at radius 1 is 0.293 bits per heavy atom. The second kappa shape index (κ2) is 9.89. The van der Waals surface area contributed by atoms with Crippen molar-refractivity contribution >= 4 is 43.7 Å². The van der Waals surface area contributed by atoms with E-state index >= 15 is 0 Å². The number of hydrogen-bond donors (Lipinski definition) is 0. The zero-order chi connectivity index (χ0) is 27.2. The summed E-state index contributed by atoms with van der Waals surface area (Å²) in [5.41, 5.74) is 7.56. The predicted molar refractivity (Wildman–Crippen MR) is 179 cm³/mol. The highest BCUT2D eigenvalue weighted by Crippen LogP contribution is 2.39. The second-order valence-electron chi connectivity index (χ2n) is 10.6. The summed E-state index contributed by atoms with van der Waals surface area (Å²) in [6, 6.07) is 57.5. The van der Waals surface area contributed by atoms with Gasteiger partial charge in [-0.2, -0.15) is 0 Å². The Labute approximate surface area is 243 Å². The van der Waals surface area contributed by atoms with Gasteiger partial charge in [-0.15, -0.1) is 11.3 Å². The van der Waals surface area contributed by atoms with E-state index in [0.29, 0.717) is 0 Å². The van der Waals surface area contributed by atoms with Gasteiger partial charge in [0, 0.05) is 9.75 Å². The lowest BCUT2D eigenvalue weighted by Gasteiger charge is -2.12. The summed E-state index contributed by atoms with van der Waals surface area (Å²) in [6.07, 6.45) is 0. The quantitative estimate of drug-likeness (QED) is 0.195. The molecular weight excluding hydrogens is 513 g/mol. The molecule has 0 amide bonds. The van der Waals surface area contributed by atoms with Crippen molar-refractivity contribution in [2.24, 2.45) is 0 Å². The van der Waals surface area contributed by atoms with Gasteiger partial charge in [0.15, 0.2) is 0 Å². The first-order valence-corrected chi connectivity index (χ1v) is 14.8. The Kier molecular flexibility index (Phi) is 5.76. The van der Waals surface area contributed by atoms with E-state index in [4.69, 9.17) is 0 Å². The average molecular weight is 539 g/mol. The van der Waals surface area contributed by atoms with E-state index in [2.05, 4.69) is 158 Å². The minimum absolute atomic E-state index is 1.24. The molecule has 0 unspecified atom stereocenters. The number of hydrogen-bond acceptors (Lipinski definition) is 1. The van der Waals surface area contributed by atoms with Crippen LogP contribution in [0.5, 0.6) is 0 Å². The van der Waals surface area contributed by atoms with Crippen molar-refractivity contribution in [1.29, 1.82) is 0 Å². The average Bonchev–Trinajstić information content (AvgIpc) is 3.54. The molecule has 1 heterocycles. The minimum Gasteiger partial charge on any atom is -0.135 e. The van der Waals surface area contributed by atoms with Crippen molar-refractivity contribution in [3.8, 4) is 43.1 Å². The van der Waals surface area contributed by atoms with Gasteiger partial charge in [-0.25, -0.2) is 0 Å². The number of rotatable bonds is 4. The normalized spacial score (nSPS) is 11.4. The molecule has 8 rings (SSSR count). The van der Waals surface area contributed by atoms with Crippen LogP contribution < -0.4 is 0 Å². The molecule has 0 atom stereocenters. The van der Waals surface area contributed by atoms with E-state index < -0.39 is 0 Å². The molecule has 0 nitrogen and oxygen atoms in total. The van der Waals surface area contributed by atoms with Crippen molar-refractivity contribution in [3.63, 3.8) is 0 Å². The summed E-state index contributed by atoms with van der Waals surface area (Å²) in [5.74, 6) is 0. The van der Waals surface area contributed by atoms with E-state index in [1.54, 1.807) is 0 Å². The van der Waals surface area contributed by atoms with E-state index in [0.717, 1.165) is 0 Å². The van der Waals surface area contributed by atoms with Gasteiger partial charge in [-0.1, -0.05) is 133 Å². The summed E-state index contributed by atoms with van der Waals surface area (Å²) < 4.78 is 0. The summed E-state index contributed by atoms with van der Waals surface area (Å²) in [6.45, 7) is 0. The zero-order valence-electron chi connectivity index (χ0n) is 22.4. The molecule has 0 radical (unpaired) electrons. The Morgan fingerprint density at radius 3 is 1.37 bits per heavy atom. The topological polar surface area (TPSA) is 0 Å². The molecule has 1 aromatic heterocycles. The number of thiophene rings is 1. The maximum Gasteiger partial charge on any atom is 0.0349 e. The third-order valence-electron chi connectivity index (χ3n) is 8.09. The fraction of sp³-hybridized carbons (Fsp3) is 0. The van der Waals surface area contributed by atoms with Crippen LogP contribution >= 0.6 is 11.3 Å². The molecule has 0 fully saturated rings. The summed E-state index contributed by atoms with van der Waals surface area (Å²) >= 11 is 1.85. The van der Waals surface area contributed by atoms with Gasteiger partial charge in [0.05, 0.1) is 0 Å². The van der Waals surface area contributed by atoms with Crippen molar-refractivity contribution in [1.82, 2.24) is 0 Å². The maximum atomic E-state index is 2.30. The monoisotopic (exact) mass is 538 g/mol. The molecule has 0 spiro atoms. The minimum atomic E-state index is 1.24. The molecule has 0 aliphatic heterocycles. The lowest BCUT2D eigenvalue weighted by Crippen LogP contribution is -1.85. The lowest BCUT2D eigenvalue weighted by molar-refractivity contribution is 1.64. The SMILES string of the molecule is c1ccc2cc(-c3ccc(-c4ccc(-c5ccc(-c6c7ccccc7cc7ccccc67)cc5)s4)cc3)ccc2c1. The Balaban J connectivity index is 1.09. The zero-order valence-corrected chi connectivity index (χ0v) is 23.2. The van der Waals surface area contributed by atoms with Crippen molar-refractivity contribution in [2.45, 2.75) is 0 Å². The molecule has 0 aliphatic rings. The summed E-state index contributed by atoms with van der Waals surface area (Å²) in [7, 11) is 0. The molecule has 192 valence electrons. The van der Waals surface area contributed by atoms with Gasteiger partial charge in [0.2, 0.25) is 0 Å². The van der Waals surface area contributed by atoms with Crippen LogP contribution in [-0.4, -0.2) is 0 Å². The first kappa shape index (κ1) is 23.9. The largest absolute Gasteiger partial charge is 0.135 e. The second-order valence-corrected chi connectivity index (χ2v) is 11.7. The van der Waals surface area contributed by atoms with E-state index in [1.807, 2.05) is 11.3 Å². The first-order chi connectivity index (χ1) is 20.3. The fourth-order valence-electron chi connectivity index (χ4n) is 5.97. The van der Waals surface area contributed by atoms with Crippen LogP contribution in [0.2, 0.25) is 0 Å². The van der Waals surface area contributed by atoms with E-state index in [-0.39, 0.29) is 0 Å². The molecule has 0 saturated heterocycles. The molecular formula is C40H26S. The number of benzene rings is 7. The van der Waals surface area contributed by atoms with Crippen LogP contribution in [0.4, 0.5) is 0 Å². The third kappa shape index (κ3) is 4.32. The van der Waals surface area contributed by atoms with E-state index in [1.165, 1.54) is 75.5 Å². The molecule has 1 heteroatoms. The molecule has 7 aromatic carbocycles. The van der Waals surface area contributed by atoms with Crippen LogP contribution in [0, 0.1) is 0 Å². The van der Waals surface area contributed by atoms with Crippen LogP contribution in [0.1, 0.15) is 0 Å². The van der Waals surface area contributed by atoms with Gasteiger partial charge < -0.3 is 0 Å². The van der Waals surface area contributed by atoms with Crippen molar-refractivity contribution in [2.75, 3.05) is 0 Å². The van der Waals surface area contributed by atoms with Crippen LogP contribution in [0.3, 0.4) is 0 Å². The molecule has 8 aromatic rings. The highest BCUT2D eigenvalue weighted by Gasteiger charge is 2.11. The molecule has 0 bridgehead atoms. The van der Waals surface area contributed by atoms with Gasteiger partial charge in [-0.05, 0) is 90.0 Å². The smallest absolute Gasteiger partial charge is 0.0349 e. The molecule has 41 heavy (non-hydrogen) atoms. The van der Waals surface area contributed by atoms with Gasteiger partial charge >= 0.3 is 0 Å². The lowest BCUT2D eigenvalue weighted by atomic mass is 9.91. The van der Waals surface area contributed by atoms with Crippen molar-refractivity contribution < 1.29 is 0 Å². The van der Waals surface area contributed by atoms with Gasteiger partial charge in [-0.3, -0.25) is 0 Å². The van der Waals surface area contributed by atoms with Crippen LogP contribution in [0.15, 0.2) is 158 Å². The summed E-state index contributed by atoms with van der Waals surface area (Å²) in [4.78, 5) is 2.57. The van der Waals surface area contributed by atoms with Gasteiger partial charge in [0.25, 0.3) is 0 Å². The maximum absolute atomic E-state index is 2.30. The van der Waals surface area contributed by atoms with E-state index in [9.17, 15) is 0 Å². The standard InChI is InChI=1S/C40H26S/c1-2-8-32-25-33(22-15-27(32)7-1)28-13-16-29(17-14-28)38-23-24-39(41-38)30-18-20-31(21-19-30)40-36-11-5-3-9-34(36)26-35-10-4-6-12-37(35)40/h1-26H. The summed E-state index contributed by atoms with van der Waals surface area (Å²) in [5, 5.41) is 7.70. The molecule has 0 aliphatic carbocycles. The predicted octanol–water partition coefficient (Wildman–Crippen LogP) is 11.9. The van der Waals surface area contributed by atoms with Crippen molar-refractivity contribution in [3.05, 3.63) is 158 Å². The molecule has 0 saturated carbocycles. The Morgan fingerprint density at radius 2 is 0.756 bits per heavy atom. The third-order valence-corrected chi connectivity index (χ3v) is 9.27. The van der Waals surface area contributed by atoms with Crippen LogP contribution in [0.25, 0.3) is 75.5 Å². The highest BCUT2D eigenvalue weighted by atomic mass is 32.1. The number of fused-ring (bicyclic) bond motifs is 3. The fourth-order valence-corrected chi connectivity index (χ4v) is 6.99. The van der Waals surface area contributed by atoms with Crippen LogP contribution in [-0.2, 0) is 0 Å². The Hall–Kier alpha value is -4.98. The Bertz CT molecular complexity index is 2130.